The number of hydrogen-bond acceptors (Lipinski definition) is 5. The second-order valence-corrected chi connectivity index (χ2v) is 8.74. The van der Waals surface area contributed by atoms with Crippen LogP contribution in [0.2, 0.25) is 0 Å². The summed E-state index contributed by atoms with van der Waals surface area (Å²) < 4.78 is 2.94. The third-order valence-corrected chi connectivity index (χ3v) is 5.87. The molecular weight excluding hydrogens is 464 g/mol. The largest absolute Gasteiger partial charge is 0.356 e. The zero-order valence-corrected chi connectivity index (χ0v) is 19.3. The van der Waals surface area contributed by atoms with E-state index in [0.717, 1.165) is 28.0 Å². The Bertz CT molecular complexity index is 1030. The molecule has 1 heterocycles. The van der Waals surface area contributed by atoms with Crippen molar-refractivity contribution < 1.29 is 9.59 Å². The summed E-state index contributed by atoms with van der Waals surface area (Å²) in [4.78, 5) is 23.7. The van der Waals surface area contributed by atoms with Gasteiger partial charge < -0.3 is 5.32 Å². The lowest BCUT2D eigenvalue weighted by Crippen LogP contribution is -2.21. The summed E-state index contributed by atoms with van der Waals surface area (Å²) in [5.74, 6) is 1.08. The molecule has 1 N–H and O–H groups in total. The number of rotatable bonds is 9. The first-order valence-electron chi connectivity index (χ1n) is 9.61. The number of aryl methyl sites for hydroxylation is 2. The van der Waals surface area contributed by atoms with Crippen LogP contribution in [0.1, 0.15) is 35.1 Å². The van der Waals surface area contributed by atoms with Crippen LogP contribution in [-0.4, -0.2) is 38.8 Å². The van der Waals surface area contributed by atoms with Gasteiger partial charge in [0.15, 0.2) is 10.9 Å². The maximum atomic E-state index is 12.6. The Morgan fingerprint density at radius 2 is 1.90 bits per heavy atom. The van der Waals surface area contributed by atoms with E-state index in [4.69, 9.17) is 0 Å². The highest BCUT2D eigenvalue weighted by Gasteiger charge is 2.16. The van der Waals surface area contributed by atoms with E-state index >= 15 is 0 Å². The number of carbonyl (C=O) groups excluding carboxylic acids is 2. The molecule has 0 radical (unpaired) electrons. The zero-order chi connectivity index (χ0) is 21.5. The molecule has 1 aromatic heterocycles. The molecule has 2 aromatic carbocycles. The number of benzene rings is 2. The lowest BCUT2D eigenvalue weighted by atomic mass is 10.2. The van der Waals surface area contributed by atoms with Crippen molar-refractivity contribution in [1.82, 2.24) is 20.1 Å². The molecule has 8 heteroatoms. The molecule has 1 amide bonds. The van der Waals surface area contributed by atoms with E-state index in [1.807, 2.05) is 54.0 Å². The number of nitrogens with one attached hydrogen (secondary N) is 1. The summed E-state index contributed by atoms with van der Waals surface area (Å²) in [6.45, 7) is 4.13. The Kier molecular flexibility index (Phi) is 7.81. The van der Waals surface area contributed by atoms with E-state index < -0.39 is 0 Å². The number of halogens is 1. The summed E-state index contributed by atoms with van der Waals surface area (Å²) in [6.07, 6.45) is 1.43. The zero-order valence-electron chi connectivity index (χ0n) is 16.9. The lowest BCUT2D eigenvalue weighted by Gasteiger charge is -2.11. The number of ketones is 1. The van der Waals surface area contributed by atoms with Crippen molar-refractivity contribution >= 4 is 39.4 Å². The molecule has 0 aliphatic heterocycles. The van der Waals surface area contributed by atoms with E-state index in [9.17, 15) is 9.59 Å². The monoisotopic (exact) mass is 486 g/mol. The van der Waals surface area contributed by atoms with E-state index in [1.165, 1.54) is 18.7 Å². The fourth-order valence-corrected chi connectivity index (χ4v) is 4.07. The summed E-state index contributed by atoms with van der Waals surface area (Å²) in [6, 6.07) is 15.5. The van der Waals surface area contributed by atoms with Crippen LogP contribution in [0.15, 0.2) is 58.2 Å². The summed E-state index contributed by atoms with van der Waals surface area (Å²) in [7, 11) is 0. The van der Waals surface area contributed by atoms with Gasteiger partial charge in [0.25, 0.3) is 0 Å². The maximum absolute atomic E-state index is 12.6. The molecule has 0 saturated heterocycles. The van der Waals surface area contributed by atoms with Gasteiger partial charge in [0.2, 0.25) is 5.91 Å². The molecule has 0 unspecified atom stereocenters. The van der Waals surface area contributed by atoms with E-state index in [0.29, 0.717) is 23.7 Å². The lowest BCUT2D eigenvalue weighted by molar-refractivity contribution is -0.118. The minimum absolute atomic E-state index is 0.0403. The molecule has 0 saturated carbocycles. The van der Waals surface area contributed by atoms with Gasteiger partial charge in [-0.25, -0.2) is 0 Å². The Balaban J connectivity index is 1.78. The molecular formula is C22H23BrN4O2S. The second kappa shape index (κ2) is 10.5. The van der Waals surface area contributed by atoms with Crippen molar-refractivity contribution in [3.8, 4) is 5.69 Å². The van der Waals surface area contributed by atoms with Gasteiger partial charge in [0, 0.05) is 35.6 Å². The fraction of sp³-hybridized carbons (Fsp3) is 0.273. The smallest absolute Gasteiger partial charge is 0.216 e. The third-order valence-electron chi connectivity index (χ3n) is 4.41. The number of aromatic nitrogens is 3. The highest BCUT2D eigenvalue weighted by Crippen LogP contribution is 2.24. The number of hydrogen-bond donors (Lipinski definition) is 1. The topological polar surface area (TPSA) is 76.9 Å². The molecule has 156 valence electrons. The Morgan fingerprint density at radius 1 is 1.13 bits per heavy atom. The number of carbonyl (C=O) groups is 2. The van der Waals surface area contributed by atoms with Crippen LogP contribution in [0.5, 0.6) is 0 Å². The van der Waals surface area contributed by atoms with E-state index in [2.05, 4.69) is 37.5 Å². The predicted molar refractivity (Wildman–Crippen MR) is 122 cm³/mol. The first kappa shape index (κ1) is 22.2. The average Bonchev–Trinajstić information content (AvgIpc) is 3.12. The van der Waals surface area contributed by atoms with Crippen LogP contribution >= 0.6 is 27.7 Å². The third kappa shape index (κ3) is 6.03. The van der Waals surface area contributed by atoms with Crippen LogP contribution in [0, 0.1) is 6.92 Å². The first-order valence-corrected chi connectivity index (χ1v) is 11.4. The highest BCUT2D eigenvalue weighted by atomic mass is 79.9. The quantitative estimate of drug-likeness (QED) is 0.275. The van der Waals surface area contributed by atoms with Crippen LogP contribution in [0.3, 0.4) is 0 Å². The summed E-state index contributed by atoms with van der Waals surface area (Å²) in [5.41, 5.74) is 2.77. The van der Waals surface area contributed by atoms with Gasteiger partial charge in [-0.05, 0) is 43.2 Å². The Labute approximate surface area is 188 Å². The first-order chi connectivity index (χ1) is 14.4. The van der Waals surface area contributed by atoms with Crippen molar-refractivity contribution in [2.45, 2.75) is 31.8 Å². The van der Waals surface area contributed by atoms with Gasteiger partial charge in [-0.2, -0.15) is 0 Å². The molecule has 3 aromatic rings. The van der Waals surface area contributed by atoms with Crippen LogP contribution in [0.25, 0.3) is 5.69 Å². The molecule has 6 nitrogen and oxygen atoms in total. The average molecular weight is 487 g/mol. The molecule has 0 spiro atoms. The Hall–Kier alpha value is -2.45. The van der Waals surface area contributed by atoms with Crippen molar-refractivity contribution in [2.24, 2.45) is 0 Å². The molecule has 3 rings (SSSR count). The van der Waals surface area contributed by atoms with Gasteiger partial charge in [0.05, 0.1) is 5.75 Å². The number of Topliss-reactive ketones (excluding diaryl/α,β-unsaturated/α-hetero) is 1. The van der Waals surface area contributed by atoms with E-state index in [-0.39, 0.29) is 17.4 Å². The summed E-state index contributed by atoms with van der Waals surface area (Å²) >= 11 is 4.76. The second-order valence-electron chi connectivity index (χ2n) is 6.88. The van der Waals surface area contributed by atoms with Crippen molar-refractivity contribution in [3.63, 3.8) is 0 Å². The van der Waals surface area contributed by atoms with Crippen molar-refractivity contribution in [1.29, 1.82) is 0 Å². The van der Waals surface area contributed by atoms with Crippen molar-refractivity contribution in [3.05, 3.63) is 70.0 Å². The van der Waals surface area contributed by atoms with Crippen LogP contribution < -0.4 is 5.32 Å². The molecule has 0 bridgehead atoms. The predicted octanol–water partition coefficient (Wildman–Crippen LogP) is 4.38. The summed E-state index contributed by atoms with van der Waals surface area (Å²) in [5, 5.41) is 12.2. The standard InChI is InChI=1S/C22H23BrN4O2S/c1-15-5-3-6-19(13-15)27-21(7-4-12-24-16(2)28)25-26-22(27)30-14-20(29)17-8-10-18(23)11-9-17/h3,5-6,8-11,13H,4,7,12,14H2,1-2H3,(H,24,28). The number of amides is 1. The molecule has 0 aliphatic carbocycles. The fourth-order valence-electron chi connectivity index (χ4n) is 2.94. The number of thioether (sulfide) groups is 1. The van der Waals surface area contributed by atoms with Crippen LogP contribution in [0.4, 0.5) is 0 Å². The van der Waals surface area contributed by atoms with Crippen LogP contribution in [-0.2, 0) is 11.2 Å². The van der Waals surface area contributed by atoms with Gasteiger partial charge >= 0.3 is 0 Å². The highest BCUT2D eigenvalue weighted by molar-refractivity contribution is 9.10. The molecule has 0 fully saturated rings. The van der Waals surface area contributed by atoms with E-state index in [1.54, 1.807) is 0 Å². The van der Waals surface area contributed by atoms with Gasteiger partial charge in [-0.15, -0.1) is 10.2 Å². The number of nitrogens with zero attached hydrogens (tertiary/aromatic N) is 3. The Morgan fingerprint density at radius 3 is 2.60 bits per heavy atom. The molecule has 30 heavy (non-hydrogen) atoms. The normalized spacial score (nSPS) is 10.8. The van der Waals surface area contributed by atoms with Gasteiger partial charge in [0.1, 0.15) is 5.82 Å². The maximum Gasteiger partial charge on any atom is 0.216 e. The minimum Gasteiger partial charge on any atom is -0.356 e. The van der Waals surface area contributed by atoms with Gasteiger partial charge in [-0.3, -0.25) is 14.2 Å². The minimum atomic E-state index is -0.0437. The molecule has 0 atom stereocenters. The SMILES string of the molecule is CC(=O)NCCCc1nnc(SCC(=O)c2ccc(Br)cc2)n1-c1cccc(C)c1. The molecule has 0 aliphatic rings. The van der Waals surface area contributed by atoms with Gasteiger partial charge in [-0.1, -0.05) is 52.0 Å². The van der Waals surface area contributed by atoms with Crippen molar-refractivity contribution in [2.75, 3.05) is 12.3 Å².